The Morgan fingerprint density at radius 3 is 2.15 bits per heavy atom. The van der Waals surface area contributed by atoms with E-state index in [0.29, 0.717) is 11.8 Å². The van der Waals surface area contributed by atoms with Gasteiger partial charge in [0.05, 0.1) is 0 Å². The predicted octanol–water partition coefficient (Wildman–Crippen LogP) is 2.86. The number of rotatable bonds is 2. The van der Waals surface area contributed by atoms with Crippen LogP contribution in [0.15, 0.2) is 18.2 Å². The molecule has 13 heavy (non-hydrogen) atoms. The lowest BCUT2D eigenvalue weighted by Crippen LogP contribution is -2.01. The van der Waals surface area contributed by atoms with Gasteiger partial charge in [0.25, 0.3) is 0 Å². The SMILES string of the molecule is CC(C)C(C)c1ccc(O)cc1O. The molecule has 1 unspecified atom stereocenters. The molecule has 1 atom stereocenters. The Morgan fingerprint density at radius 1 is 1.08 bits per heavy atom. The molecule has 1 rings (SSSR count). The average molecular weight is 180 g/mol. The van der Waals surface area contributed by atoms with Crippen LogP contribution in [0.3, 0.4) is 0 Å². The maximum atomic E-state index is 9.55. The maximum absolute atomic E-state index is 9.55. The molecule has 1 aromatic carbocycles. The normalized spacial score (nSPS) is 13.2. The van der Waals surface area contributed by atoms with E-state index in [1.165, 1.54) is 6.07 Å². The average Bonchev–Trinajstić information content (AvgIpc) is 2.03. The fourth-order valence-electron chi connectivity index (χ4n) is 1.28. The van der Waals surface area contributed by atoms with Crippen molar-refractivity contribution in [3.05, 3.63) is 23.8 Å². The number of phenols is 2. The van der Waals surface area contributed by atoms with E-state index in [-0.39, 0.29) is 11.5 Å². The fourth-order valence-corrected chi connectivity index (χ4v) is 1.28. The zero-order chi connectivity index (χ0) is 10.0. The zero-order valence-electron chi connectivity index (χ0n) is 8.28. The summed E-state index contributed by atoms with van der Waals surface area (Å²) in [6.45, 7) is 6.28. The molecule has 2 nitrogen and oxygen atoms in total. The van der Waals surface area contributed by atoms with Crippen LogP contribution in [0.2, 0.25) is 0 Å². The van der Waals surface area contributed by atoms with Crippen molar-refractivity contribution in [3.8, 4) is 11.5 Å². The topological polar surface area (TPSA) is 40.5 Å². The van der Waals surface area contributed by atoms with Crippen molar-refractivity contribution >= 4 is 0 Å². The van der Waals surface area contributed by atoms with E-state index in [1.807, 2.05) is 0 Å². The van der Waals surface area contributed by atoms with E-state index >= 15 is 0 Å². The highest BCUT2D eigenvalue weighted by molar-refractivity contribution is 5.40. The first-order valence-electron chi connectivity index (χ1n) is 4.54. The zero-order valence-corrected chi connectivity index (χ0v) is 8.28. The van der Waals surface area contributed by atoms with Gasteiger partial charge in [0.15, 0.2) is 0 Å². The lowest BCUT2D eigenvalue weighted by molar-refractivity contribution is 0.431. The molecule has 0 saturated heterocycles. The van der Waals surface area contributed by atoms with Crippen LogP contribution in [-0.4, -0.2) is 10.2 Å². The number of phenolic OH excluding ortho intramolecular Hbond substituents is 2. The molecule has 0 bridgehead atoms. The Labute approximate surface area is 78.8 Å². The van der Waals surface area contributed by atoms with Crippen molar-refractivity contribution in [1.29, 1.82) is 0 Å². The van der Waals surface area contributed by atoms with Crippen molar-refractivity contribution in [3.63, 3.8) is 0 Å². The van der Waals surface area contributed by atoms with Gasteiger partial charge < -0.3 is 10.2 Å². The second kappa shape index (κ2) is 3.69. The van der Waals surface area contributed by atoms with Crippen LogP contribution in [0.25, 0.3) is 0 Å². The first kappa shape index (κ1) is 9.90. The molecule has 0 radical (unpaired) electrons. The molecular formula is C11H16O2. The van der Waals surface area contributed by atoms with Crippen LogP contribution >= 0.6 is 0 Å². The summed E-state index contributed by atoms with van der Waals surface area (Å²) >= 11 is 0. The van der Waals surface area contributed by atoms with Gasteiger partial charge in [0, 0.05) is 6.07 Å². The Morgan fingerprint density at radius 2 is 1.69 bits per heavy atom. The molecule has 2 heteroatoms. The highest BCUT2D eigenvalue weighted by Gasteiger charge is 2.13. The van der Waals surface area contributed by atoms with E-state index in [4.69, 9.17) is 5.11 Å². The quantitative estimate of drug-likeness (QED) is 0.734. The van der Waals surface area contributed by atoms with E-state index in [0.717, 1.165) is 5.56 Å². The molecule has 0 fully saturated rings. The van der Waals surface area contributed by atoms with Crippen molar-refractivity contribution in [2.45, 2.75) is 26.7 Å². The summed E-state index contributed by atoms with van der Waals surface area (Å²) in [5, 5.41) is 18.6. The summed E-state index contributed by atoms with van der Waals surface area (Å²) < 4.78 is 0. The molecule has 2 N–H and O–H groups in total. The van der Waals surface area contributed by atoms with E-state index < -0.39 is 0 Å². The van der Waals surface area contributed by atoms with Gasteiger partial charge in [0.2, 0.25) is 0 Å². The highest BCUT2D eigenvalue weighted by Crippen LogP contribution is 2.32. The van der Waals surface area contributed by atoms with Crippen LogP contribution in [0.4, 0.5) is 0 Å². The lowest BCUT2D eigenvalue weighted by atomic mass is 9.90. The molecule has 0 heterocycles. The standard InChI is InChI=1S/C11H16O2/c1-7(2)8(3)10-5-4-9(12)6-11(10)13/h4-8,12-13H,1-3H3. The van der Waals surface area contributed by atoms with E-state index in [1.54, 1.807) is 12.1 Å². The molecule has 0 spiro atoms. The van der Waals surface area contributed by atoms with Gasteiger partial charge in [0.1, 0.15) is 11.5 Å². The summed E-state index contributed by atoms with van der Waals surface area (Å²) in [6.07, 6.45) is 0. The minimum Gasteiger partial charge on any atom is -0.508 e. The molecule has 0 amide bonds. The van der Waals surface area contributed by atoms with Crippen molar-refractivity contribution in [2.24, 2.45) is 5.92 Å². The van der Waals surface area contributed by atoms with Gasteiger partial charge >= 0.3 is 0 Å². The number of hydrogen-bond donors (Lipinski definition) is 2. The van der Waals surface area contributed by atoms with Crippen LogP contribution in [0, 0.1) is 5.92 Å². The number of benzene rings is 1. The van der Waals surface area contributed by atoms with E-state index in [9.17, 15) is 5.11 Å². The van der Waals surface area contributed by atoms with Gasteiger partial charge in [-0.15, -0.1) is 0 Å². The van der Waals surface area contributed by atoms with Gasteiger partial charge in [-0.2, -0.15) is 0 Å². The van der Waals surface area contributed by atoms with Crippen LogP contribution in [0.1, 0.15) is 32.3 Å². The van der Waals surface area contributed by atoms with Crippen molar-refractivity contribution < 1.29 is 10.2 Å². The number of hydrogen-bond acceptors (Lipinski definition) is 2. The highest BCUT2D eigenvalue weighted by atomic mass is 16.3. The van der Waals surface area contributed by atoms with Gasteiger partial charge in [-0.05, 0) is 23.5 Å². The third kappa shape index (κ3) is 2.14. The molecule has 72 valence electrons. The molecule has 0 saturated carbocycles. The maximum Gasteiger partial charge on any atom is 0.122 e. The minimum absolute atomic E-state index is 0.109. The second-order valence-electron chi connectivity index (χ2n) is 3.78. The Kier molecular flexibility index (Phi) is 2.81. The first-order valence-corrected chi connectivity index (χ1v) is 4.54. The largest absolute Gasteiger partial charge is 0.508 e. The molecular weight excluding hydrogens is 164 g/mol. The predicted molar refractivity (Wildman–Crippen MR) is 53.0 cm³/mol. The summed E-state index contributed by atoms with van der Waals surface area (Å²) in [5.74, 6) is 1.08. The molecule has 0 aliphatic carbocycles. The third-order valence-corrected chi connectivity index (χ3v) is 2.50. The van der Waals surface area contributed by atoms with Crippen molar-refractivity contribution in [2.75, 3.05) is 0 Å². The lowest BCUT2D eigenvalue weighted by Gasteiger charge is -2.17. The van der Waals surface area contributed by atoms with Crippen LogP contribution in [0.5, 0.6) is 11.5 Å². The van der Waals surface area contributed by atoms with Crippen molar-refractivity contribution in [1.82, 2.24) is 0 Å². The first-order chi connectivity index (χ1) is 6.02. The fraction of sp³-hybridized carbons (Fsp3) is 0.455. The van der Waals surface area contributed by atoms with Gasteiger partial charge in [-0.1, -0.05) is 26.8 Å². The van der Waals surface area contributed by atoms with E-state index in [2.05, 4.69) is 20.8 Å². The summed E-state index contributed by atoms with van der Waals surface area (Å²) in [6, 6.07) is 4.76. The smallest absolute Gasteiger partial charge is 0.122 e. The molecule has 1 aromatic rings. The monoisotopic (exact) mass is 180 g/mol. The second-order valence-corrected chi connectivity index (χ2v) is 3.78. The van der Waals surface area contributed by atoms with Gasteiger partial charge in [-0.25, -0.2) is 0 Å². The molecule has 0 aromatic heterocycles. The van der Waals surface area contributed by atoms with Crippen LogP contribution < -0.4 is 0 Å². The summed E-state index contributed by atoms with van der Waals surface area (Å²) in [4.78, 5) is 0. The molecule has 0 aliphatic heterocycles. The Bertz CT molecular complexity index is 292. The Balaban J connectivity index is 3.01. The third-order valence-electron chi connectivity index (χ3n) is 2.50. The summed E-state index contributed by atoms with van der Waals surface area (Å²) in [5.41, 5.74) is 0.896. The Hall–Kier alpha value is -1.18. The minimum atomic E-state index is 0.109. The molecule has 0 aliphatic rings. The van der Waals surface area contributed by atoms with Gasteiger partial charge in [-0.3, -0.25) is 0 Å². The number of aromatic hydroxyl groups is 2. The summed E-state index contributed by atoms with van der Waals surface area (Å²) in [7, 11) is 0. The van der Waals surface area contributed by atoms with Crippen LogP contribution in [-0.2, 0) is 0 Å².